The van der Waals surface area contributed by atoms with Gasteiger partial charge in [0.2, 0.25) is 0 Å². The van der Waals surface area contributed by atoms with Crippen molar-refractivity contribution in [2.24, 2.45) is 5.92 Å². The topological polar surface area (TPSA) is 20.2 Å². The normalized spacial score (nSPS) is 30.3. The summed E-state index contributed by atoms with van der Waals surface area (Å²) in [6.45, 7) is 4.52. The van der Waals surface area contributed by atoms with Crippen LogP contribution < -0.4 is 0 Å². The summed E-state index contributed by atoms with van der Waals surface area (Å²) in [4.78, 5) is 0. The van der Waals surface area contributed by atoms with E-state index >= 15 is 0 Å². The van der Waals surface area contributed by atoms with Crippen LogP contribution in [0.5, 0.6) is 0 Å². The molecule has 1 aromatic carbocycles. The van der Waals surface area contributed by atoms with E-state index in [2.05, 4.69) is 44.2 Å². The fraction of sp³-hybridized carbons (Fsp3) is 0.571. The van der Waals surface area contributed by atoms with Crippen LogP contribution in [0.25, 0.3) is 0 Å². The third-order valence-corrected chi connectivity index (χ3v) is 3.44. The first-order valence-corrected chi connectivity index (χ1v) is 5.86. The maximum atomic E-state index is 9.56. The summed E-state index contributed by atoms with van der Waals surface area (Å²) in [5.41, 5.74) is 1.67. The van der Waals surface area contributed by atoms with Gasteiger partial charge in [0, 0.05) is 5.41 Å². The third kappa shape index (κ3) is 2.07. The maximum Gasteiger partial charge on any atom is 0.0557 e. The molecule has 0 saturated heterocycles. The average Bonchev–Trinajstić information content (AvgIpc) is 2.15. The van der Waals surface area contributed by atoms with Crippen LogP contribution in [-0.4, -0.2) is 11.2 Å². The van der Waals surface area contributed by atoms with Gasteiger partial charge in [-0.3, -0.25) is 0 Å². The van der Waals surface area contributed by atoms with E-state index in [9.17, 15) is 5.11 Å². The highest BCUT2D eigenvalue weighted by Gasteiger charge is 2.44. The van der Waals surface area contributed by atoms with Crippen molar-refractivity contribution in [2.45, 2.75) is 44.6 Å². The summed E-state index contributed by atoms with van der Waals surface area (Å²) in [6, 6.07) is 10.7. The van der Waals surface area contributed by atoms with Crippen molar-refractivity contribution in [3.05, 3.63) is 35.9 Å². The molecule has 0 aromatic heterocycles. The lowest BCUT2D eigenvalue weighted by molar-refractivity contribution is 0.00710. The lowest BCUT2D eigenvalue weighted by Gasteiger charge is -2.47. The average molecular weight is 204 g/mol. The smallest absolute Gasteiger partial charge is 0.0557 e. The molecule has 2 rings (SSSR count). The van der Waals surface area contributed by atoms with Gasteiger partial charge < -0.3 is 5.11 Å². The molecular weight excluding hydrogens is 184 g/mol. The number of hydrogen-bond acceptors (Lipinski definition) is 1. The molecule has 0 amide bonds. The van der Waals surface area contributed by atoms with Gasteiger partial charge in [-0.1, -0.05) is 44.2 Å². The molecule has 1 aromatic rings. The van der Waals surface area contributed by atoms with Crippen molar-refractivity contribution in [3.63, 3.8) is 0 Å². The zero-order chi connectivity index (χ0) is 10.9. The van der Waals surface area contributed by atoms with Gasteiger partial charge in [0.25, 0.3) is 0 Å². The summed E-state index contributed by atoms with van der Waals surface area (Å²) in [5.74, 6) is 0.692. The van der Waals surface area contributed by atoms with E-state index in [1.54, 1.807) is 0 Å². The Morgan fingerprint density at radius 2 is 1.87 bits per heavy atom. The molecule has 0 spiro atoms. The summed E-state index contributed by atoms with van der Waals surface area (Å²) in [5, 5.41) is 9.56. The minimum Gasteiger partial charge on any atom is -0.393 e. The first kappa shape index (κ1) is 10.7. The molecule has 0 heterocycles. The Morgan fingerprint density at radius 3 is 2.33 bits per heavy atom. The molecule has 1 aliphatic carbocycles. The van der Waals surface area contributed by atoms with E-state index < -0.39 is 0 Å². The van der Waals surface area contributed by atoms with Gasteiger partial charge in [-0.25, -0.2) is 0 Å². The van der Waals surface area contributed by atoms with Crippen molar-refractivity contribution in [1.29, 1.82) is 0 Å². The van der Waals surface area contributed by atoms with Gasteiger partial charge in [-0.05, 0) is 30.7 Å². The van der Waals surface area contributed by atoms with Crippen LogP contribution >= 0.6 is 0 Å². The Balaban J connectivity index is 2.21. The van der Waals surface area contributed by atoms with Crippen LogP contribution in [0.2, 0.25) is 0 Å². The molecule has 1 saturated carbocycles. The highest BCUT2D eigenvalue weighted by molar-refractivity contribution is 5.29. The standard InChI is InChI=1S/C14H20O/c1-11(2)8-14(9-13(15)10-14)12-6-4-3-5-7-12/h3-7,11,13,15H,8-10H2,1-2H3. The minimum atomic E-state index is -0.0797. The van der Waals surface area contributed by atoms with Gasteiger partial charge in [0.1, 0.15) is 0 Å². The summed E-state index contributed by atoms with van der Waals surface area (Å²) in [6.07, 6.45) is 2.99. The fourth-order valence-electron chi connectivity index (χ4n) is 2.94. The molecule has 1 nitrogen and oxygen atoms in total. The van der Waals surface area contributed by atoms with E-state index in [1.165, 1.54) is 12.0 Å². The van der Waals surface area contributed by atoms with E-state index in [0.29, 0.717) is 5.92 Å². The van der Waals surface area contributed by atoms with Crippen LogP contribution in [0.15, 0.2) is 30.3 Å². The Kier molecular flexibility index (Phi) is 2.83. The van der Waals surface area contributed by atoms with Crippen molar-refractivity contribution in [2.75, 3.05) is 0 Å². The lowest BCUT2D eigenvalue weighted by Crippen LogP contribution is -2.45. The molecule has 1 heteroatoms. The number of benzene rings is 1. The zero-order valence-corrected chi connectivity index (χ0v) is 9.61. The lowest BCUT2D eigenvalue weighted by atomic mass is 9.59. The van der Waals surface area contributed by atoms with Gasteiger partial charge in [0.15, 0.2) is 0 Å². The SMILES string of the molecule is CC(C)CC1(c2ccccc2)CC(O)C1. The highest BCUT2D eigenvalue weighted by atomic mass is 16.3. The van der Waals surface area contributed by atoms with Crippen molar-refractivity contribution in [3.8, 4) is 0 Å². The predicted molar refractivity (Wildman–Crippen MR) is 62.8 cm³/mol. The Morgan fingerprint density at radius 1 is 1.27 bits per heavy atom. The molecule has 15 heavy (non-hydrogen) atoms. The van der Waals surface area contributed by atoms with Gasteiger partial charge in [-0.15, -0.1) is 0 Å². The van der Waals surface area contributed by atoms with E-state index in [1.807, 2.05) is 0 Å². The largest absolute Gasteiger partial charge is 0.393 e. The Labute approximate surface area is 92.1 Å². The monoisotopic (exact) mass is 204 g/mol. The predicted octanol–water partition coefficient (Wildman–Crippen LogP) is 3.13. The van der Waals surface area contributed by atoms with Crippen LogP contribution in [0.1, 0.15) is 38.7 Å². The molecule has 0 unspecified atom stereocenters. The second-order valence-corrected chi connectivity index (χ2v) is 5.31. The second kappa shape index (κ2) is 3.97. The van der Waals surface area contributed by atoms with Gasteiger partial charge in [-0.2, -0.15) is 0 Å². The Hall–Kier alpha value is -0.820. The van der Waals surface area contributed by atoms with Crippen LogP contribution in [0, 0.1) is 5.92 Å². The molecular formula is C14H20O. The minimum absolute atomic E-state index is 0.0797. The molecule has 1 N–H and O–H groups in total. The fourth-order valence-corrected chi connectivity index (χ4v) is 2.94. The van der Waals surface area contributed by atoms with Crippen LogP contribution in [0.3, 0.4) is 0 Å². The molecule has 0 aliphatic heterocycles. The van der Waals surface area contributed by atoms with Crippen LogP contribution in [0.4, 0.5) is 0 Å². The number of aliphatic hydroxyl groups excluding tert-OH is 1. The van der Waals surface area contributed by atoms with E-state index in [4.69, 9.17) is 0 Å². The second-order valence-electron chi connectivity index (χ2n) is 5.31. The van der Waals surface area contributed by atoms with Gasteiger partial charge in [0.05, 0.1) is 6.10 Å². The summed E-state index contributed by atoms with van der Waals surface area (Å²) in [7, 11) is 0. The van der Waals surface area contributed by atoms with Crippen molar-refractivity contribution < 1.29 is 5.11 Å². The molecule has 0 radical (unpaired) electrons. The molecule has 82 valence electrons. The first-order valence-electron chi connectivity index (χ1n) is 5.86. The molecule has 0 bridgehead atoms. The van der Waals surface area contributed by atoms with Crippen LogP contribution in [-0.2, 0) is 5.41 Å². The zero-order valence-electron chi connectivity index (χ0n) is 9.61. The number of aliphatic hydroxyl groups is 1. The molecule has 0 atom stereocenters. The summed E-state index contributed by atoms with van der Waals surface area (Å²) >= 11 is 0. The summed E-state index contributed by atoms with van der Waals surface area (Å²) < 4.78 is 0. The molecule has 1 fully saturated rings. The van der Waals surface area contributed by atoms with Crippen molar-refractivity contribution >= 4 is 0 Å². The maximum absolute atomic E-state index is 9.56. The quantitative estimate of drug-likeness (QED) is 0.802. The molecule has 1 aliphatic rings. The third-order valence-electron chi connectivity index (χ3n) is 3.44. The van der Waals surface area contributed by atoms with E-state index in [0.717, 1.165) is 12.8 Å². The Bertz CT molecular complexity index is 309. The number of rotatable bonds is 3. The van der Waals surface area contributed by atoms with E-state index in [-0.39, 0.29) is 11.5 Å². The highest BCUT2D eigenvalue weighted by Crippen LogP contribution is 2.48. The number of hydrogen-bond donors (Lipinski definition) is 1. The van der Waals surface area contributed by atoms with Gasteiger partial charge >= 0.3 is 0 Å². The first-order chi connectivity index (χ1) is 7.12. The van der Waals surface area contributed by atoms with Crippen molar-refractivity contribution in [1.82, 2.24) is 0 Å².